The number of carbonyl (C=O) groups excluding carboxylic acids is 2. The first-order chi connectivity index (χ1) is 14.3. The molecule has 0 saturated heterocycles. The van der Waals surface area contributed by atoms with E-state index in [0.29, 0.717) is 54.9 Å². The second-order valence-corrected chi connectivity index (χ2v) is 8.63. The quantitative estimate of drug-likeness (QED) is 0.527. The molecule has 1 saturated carbocycles. The highest BCUT2D eigenvalue weighted by molar-refractivity contribution is 5.99. The molecule has 0 aliphatic heterocycles. The van der Waals surface area contributed by atoms with Crippen LogP contribution in [0.4, 0.5) is 5.69 Å². The van der Waals surface area contributed by atoms with E-state index < -0.39 is 11.6 Å². The summed E-state index contributed by atoms with van der Waals surface area (Å²) in [6, 6.07) is 5.11. The van der Waals surface area contributed by atoms with Gasteiger partial charge in [0.25, 0.3) is 5.91 Å². The summed E-state index contributed by atoms with van der Waals surface area (Å²) < 4.78 is 17.1. The Morgan fingerprint density at radius 1 is 1.27 bits per heavy atom. The molecule has 0 unspecified atom stereocenters. The zero-order valence-electron chi connectivity index (χ0n) is 19.1. The summed E-state index contributed by atoms with van der Waals surface area (Å²) in [5, 5.41) is 2.98. The molecule has 1 amide bonds. The molecule has 168 valence electrons. The number of anilines is 1. The highest BCUT2D eigenvalue weighted by Crippen LogP contribution is 2.36. The van der Waals surface area contributed by atoms with Crippen LogP contribution in [0.2, 0.25) is 0 Å². The van der Waals surface area contributed by atoms with Crippen LogP contribution in [0.5, 0.6) is 5.75 Å². The number of carbonyl (C=O) groups is 2. The molecule has 30 heavy (non-hydrogen) atoms. The zero-order valence-corrected chi connectivity index (χ0v) is 19.1. The molecule has 6 nitrogen and oxygen atoms in total. The highest BCUT2D eigenvalue weighted by Gasteiger charge is 2.42. The molecule has 6 heteroatoms. The van der Waals surface area contributed by atoms with Gasteiger partial charge in [0.05, 0.1) is 13.2 Å². The number of hydrogen-bond donors (Lipinski definition) is 1. The average Bonchev–Trinajstić information content (AvgIpc) is 2.71. The summed E-state index contributed by atoms with van der Waals surface area (Å²) in [5.41, 5.74) is 0.0402. The highest BCUT2D eigenvalue weighted by atomic mass is 16.5. The Balaban J connectivity index is 2.25. The van der Waals surface area contributed by atoms with Crippen molar-refractivity contribution in [2.75, 3.05) is 25.1 Å². The number of ether oxygens (including phenoxy) is 3. The molecule has 0 radical (unpaired) electrons. The maximum atomic E-state index is 13.3. The fourth-order valence-electron chi connectivity index (χ4n) is 3.81. The predicted octanol–water partition coefficient (Wildman–Crippen LogP) is 5.21. The van der Waals surface area contributed by atoms with Crippen molar-refractivity contribution in [3.05, 3.63) is 23.8 Å². The second kappa shape index (κ2) is 11.3. The average molecular weight is 420 g/mol. The van der Waals surface area contributed by atoms with Gasteiger partial charge < -0.3 is 19.5 Å². The minimum atomic E-state index is -0.815. The smallest absolute Gasteiger partial charge is 0.341 e. The van der Waals surface area contributed by atoms with Gasteiger partial charge in [-0.15, -0.1) is 0 Å². The van der Waals surface area contributed by atoms with E-state index in [1.807, 2.05) is 20.8 Å². The van der Waals surface area contributed by atoms with Gasteiger partial charge in [-0.25, -0.2) is 4.79 Å². The number of benzene rings is 1. The fourth-order valence-corrected chi connectivity index (χ4v) is 3.81. The number of nitrogens with one attached hydrogen (secondary N) is 1. The third-order valence-corrected chi connectivity index (χ3v) is 5.26. The van der Waals surface area contributed by atoms with Crippen LogP contribution in [0.15, 0.2) is 18.2 Å². The van der Waals surface area contributed by atoms with Crippen molar-refractivity contribution in [3.8, 4) is 5.75 Å². The number of rotatable bonds is 10. The van der Waals surface area contributed by atoms with Crippen LogP contribution in [0.1, 0.15) is 77.1 Å². The number of esters is 1. The van der Waals surface area contributed by atoms with E-state index in [0.717, 1.165) is 19.3 Å². The van der Waals surface area contributed by atoms with Gasteiger partial charge >= 0.3 is 5.97 Å². The minimum Gasteiger partial charge on any atom is -0.492 e. The normalized spacial score (nSPS) is 21.3. The summed E-state index contributed by atoms with van der Waals surface area (Å²) in [7, 11) is 0. The summed E-state index contributed by atoms with van der Waals surface area (Å²) in [4.78, 5) is 25.7. The van der Waals surface area contributed by atoms with Crippen molar-refractivity contribution in [2.24, 2.45) is 11.8 Å². The van der Waals surface area contributed by atoms with E-state index in [9.17, 15) is 9.59 Å². The van der Waals surface area contributed by atoms with Crippen molar-refractivity contribution in [1.29, 1.82) is 0 Å². The monoisotopic (exact) mass is 419 g/mol. The predicted molar refractivity (Wildman–Crippen MR) is 118 cm³/mol. The summed E-state index contributed by atoms with van der Waals surface area (Å²) in [5.74, 6) is 0.610. The van der Waals surface area contributed by atoms with E-state index >= 15 is 0 Å². The maximum absolute atomic E-state index is 13.3. The first kappa shape index (κ1) is 24.2. The molecular formula is C24H37NO5. The lowest BCUT2D eigenvalue weighted by atomic mass is 9.78. The largest absolute Gasteiger partial charge is 0.492 e. The molecule has 0 heterocycles. The van der Waals surface area contributed by atoms with E-state index in [-0.39, 0.29) is 12.5 Å². The molecular weight excluding hydrogens is 382 g/mol. The van der Waals surface area contributed by atoms with Crippen LogP contribution in [0.3, 0.4) is 0 Å². The van der Waals surface area contributed by atoms with E-state index in [2.05, 4.69) is 12.2 Å². The standard InChI is InChI=1S/C24H37NO5/c1-6-13-30-24(12-8-9-18(5)15-24)23(27)25-19-10-11-21(29-16-17(3)4)20(14-19)22(26)28-7-2/h10-11,14,17-18H,6-9,12-13,15-16H2,1-5H3,(H,25,27)/t18-,24+/m0/s1. The van der Waals surface area contributed by atoms with Crippen LogP contribution in [0, 0.1) is 11.8 Å². The Hall–Kier alpha value is -2.08. The van der Waals surface area contributed by atoms with Gasteiger partial charge in [-0.3, -0.25) is 4.79 Å². The third-order valence-electron chi connectivity index (χ3n) is 5.26. The lowest BCUT2D eigenvalue weighted by molar-refractivity contribution is -0.148. The maximum Gasteiger partial charge on any atom is 0.341 e. The molecule has 1 aromatic carbocycles. The Bertz CT molecular complexity index is 718. The molecule has 1 fully saturated rings. The molecule has 2 atom stereocenters. The summed E-state index contributed by atoms with van der Waals surface area (Å²) in [6.07, 6.45) is 4.36. The van der Waals surface area contributed by atoms with Gasteiger partial charge in [0, 0.05) is 12.3 Å². The van der Waals surface area contributed by atoms with Crippen molar-refractivity contribution < 1.29 is 23.8 Å². The Morgan fingerprint density at radius 2 is 2.03 bits per heavy atom. The van der Waals surface area contributed by atoms with E-state index in [4.69, 9.17) is 14.2 Å². The lowest BCUT2D eigenvalue weighted by Crippen LogP contribution is -2.48. The Kier molecular flexibility index (Phi) is 9.15. The third kappa shape index (κ3) is 6.46. The van der Waals surface area contributed by atoms with Crippen molar-refractivity contribution in [3.63, 3.8) is 0 Å². The molecule has 0 bridgehead atoms. The first-order valence-electron chi connectivity index (χ1n) is 11.2. The van der Waals surface area contributed by atoms with Crippen molar-refractivity contribution >= 4 is 17.6 Å². The van der Waals surface area contributed by atoms with Gasteiger partial charge in [-0.1, -0.05) is 34.1 Å². The molecule has 1 aliphatic rings. The zero-order chi connectivity index (χ0) is 22.1. The molecule has 0 aromatic heterocycles. The fraction of sp³-hybridized carbons (Fsp3) is 0.667. The van der Waals surface area contributed by atoms with Crippen molar-refractivity contribution in [1.82, 2.24) is 0 Å². The van der Waals surface area contributed by atoms with Crippen LogP contribution in [-0.2, 0) is 14.3 Å². The van der Waals surface area contributed by atoms with Gasteiger partial charge in [0.15, 0.2) is 0 Å². The molecule has 2 rings (SSSR count). The van der Waals surface area contributed by atoms with Crippen LogP contribution in [0.25, 0.3) is 0 Å². The van der Waals surface area contributed by atoms with E-state index in [1.54, 1.807) is 25.1 Å². The number of hydrogen-bond acceptors (Lipinski definition) is 5. The van der Waals surface area contributed by atoms with Gasteiger partial charge in [0.2, 0.25) is 0 Å². The van der Waals surface area contributed by atoms with Crippen LogP contribution < -0.4 is 10.1 Å². The minimum absolute atomic E-state index is 0.145. The molecule has 1 aromatic rings. The summed E-state index contributed by atoms with van der Waals surface area (Å²) >= 11 is 0. The van der Waals surface area contributed by atoms with Crippen LogP contribution >= 0.6 is 0 Å². The Morgan fingerprint density at radius 3 is 2.67 bits per heavy atom. The second-order valence-electron chi connectivity index (χ2n) is 8.63. The Labute approximate surface area is 180 Å². The van der Waals surface area contributed by atoms with Gasteiger partial charge in [-0.05, 0) is 62.6 Å². The van der Waals surface area contributed by atoms with Crippen LogP contribution in [-0.4, -0.2) is 37.3 Å². The van der Waals surface area contributed by atoms with Gasteiger partial charge in [0.1, 0.15) is 16.9 Å². The SMILES string of the molecule is CCCO[C@]1(C(=O)Nc2ccc(OCC(C)C)c(C(=O)OCC)c2)CCC[C@H](C)C1. The van der Waals surface area contributed by atoms with E-state index in [1.165, 1.54) is 0 Å². The van der Waals surface area contributed by atoms with Crippen molar-refractivity contribution in [2.45, 2.75) is 72.3 Å². The topological polar surface area (TPSA) is 73.9 Å². The summed E-state index contributed by atoms with van der Waals surface area (Å²) in [6.45, 7) is 11.4. The molecule has 1 N–H and O–H groups in total. The lowest BCUT2D eigenvalue weighted by Gasteiger charge is -2.38. The first-order valence-corrected chi connectivity index (χ1v) is 11.2. The number of amides is 1. The molecule has 0 spiro atoms. The molecule has 1 aliphatic carbocycles. The van der Waals surface area contributed by atoms with Gasteiger partial charge in [-0.2, -0.15) is 0 Å².